The van der Waals surface area contributed by atoms with Crippen LogP contribution in [0.15, 0.2) is 6.33 Å². The summed E-state index contributed by atoms with van der Waals surface area (Å²) in [6.07, 6.45) is 3.49. The molecule has 2 heterocycles. The Morgan fingerprint density at radius 2 is 2.22 bits per heavy atom. The van der Waals surface area contributed by atoms with Crippen LogP contribution in [0.4, 0.5) is 5.82 Å². The van der Waals surface area contributed by atoms with Gasteiger partial charge in [0.2, 0.25) is 0 Å². The largest absolute Gasteiger partial charge is 0.372 e. The summed E-state index contributed by atoms with van der Waals surface area (Å²) >= 11 is 6.19. The molecular formula is C13H20ClN3O. The Morgan fingerprint density at radius 1 is 1.44 bits per heavy atom. The van der Waals surface area contributed by atoms with Gasteiger partial charge in [0.1, 0.15) is 17.3 Å². The second-order valence-corrected chi connectivity index (χ2v) is 5.60. The summed E-state index contributed by atoms with van der Waals surface area (Å²) in [4.78, 5) is 10.8. The first-order valence-electron chi connectivity index (χ1n) is 6.42. The Labute approximate surface area is 113 Å². The summed E-state index contributed by atoms with van der Waals surface area (Å²) in [7, 11) is 0. The van der Waals surface area contributed by atoms with E-state index in [0.29, 0.717) is 5.15 Å². The monoisotopic (exact) mass is 269 g/mol. The number of ether oxygens (including phenoxy) is 1. The number of aromatic nitrogens is 2. The maximum absolute atomic E-state index is 6.19. The first kappa shape index (κ1) is 13.6. The van der Waals surface area contributed by atoms with Gasteiger partial charge < -0.3 is 9.64 Å². The van der Waals surface area contributed by atoms with Crippen molar-refractivity contribution in [2.24, 2.45) is 0 Å². The lowest BCUT2D eigenvalue weighted by Gasteiger charge is -2.39. The summed E-state index contributed by atoms with van der Waals surface area (Å²) in [5.74, 6) is 0.966. The van der Waals surface area contributed by atoms with Gasteiger partial charge in [-0.15, -0.1) is 0 Å². The number of morpholine rings is 1. The standard InChI is InChI=1S/C13H20ClN3O/c1-4-5-10-11(14)15-9-16-12(10)17-6-7-18-13(2,3)8-17/h9H,4-8H2,1-3H3. The van der Waals surface area contributed by atoms with E-state index in [-0.39, 0.29) is 5.60 Å². The maximum atomic E-state index is 6.19. The molecule has 0 unspecified atom stereocenters. The third-order valence-corrected chi connectivity index (χ3v) is 3.42. The number of hydrogen-bond acceptors (Lipinski definition) is 4. The van der Waals surface area contributed by atoms with Crippen LogP contribution >= 0.6 is 11.6 Å². The van der Waals surface area contributed by atoms with Crippen molar-refractivity contribution >= 4 is 17.4 Å². The molecular weight excluding hydrogens is 250 g/mol. The fourth-order valence-corrected chi connectivity index (χ4v) is 2.54. The molecule has 2 rings (SSSR count). The lowest BCUT2D eigenvalue weighted by atomic mass is 10.1. The van der Waals surface area contributed by atoms with E-state index in [2.05, 4.69) is 35.6 Å². The van der Waals surface area contributed by atoms with Crippen molar-refractivity contribution in [3.8, 4) is 0 Å². The molecule has 1 aromatic heterocycles. The van der Waals surface area contributed by atoms with Gasteiger partial charge >= 0.3 is 0 Å². The highest BCUT2D eigenvalue weighted by molar-refractivity contribution is 6.30. The van der Waals surface area contributed by atoms with Crippen LogP contribution in [0.3, 0.4) is 0 Å². The first-order chi connectivity index (χ1) is 8.53. The van der Waals surface area contributed by atoms with Crippen molar-refractivity contribution in [2.45, 2.75) is 39.2 Å². The summed E-state index contributed by atoms with van der Waals surface area (Å²) < 4.78 is 5.73. The van der Waals surface area contributed by atoms with Crippen LogP contribution < -0.4 is 4.90 Å². The Kier molecular flexibility index (Phi) is 4.07. The second-order valence-electron chi connectivity index (χ2n) is 5.25. The molecule has 5 heteroatoms. The third kappa shape index (κ3) is 2.93. The Hall–Kier alpha value is -0.870. The normalized spacial score (nSPS) is 19.0. The van der Waals surface area contributed by atoms with Crippen molar-refractivity contribution in [3.63, 3.8) is 0 Å². The topological polar surface area (TPSA) is 38.2 Å². The highest BCUT2D eigenvalue weighted by atomic mass is 35.5. The van der Waals surface area contributed by atoms with E-state index in [1.807, 2.05) is 0 Å². The number of nitrogens with zero attached hydrogens (tertiary/aromatic N) is 3. The van der Waals surface area contributed by atoms with Crippen LogP contribution in [-0.2, 0) is 11.2 Å². The molecule has 4 nitrogen and oxygen atoms in total. The van der Waals surface area contributed by atoms with Gasteiger partial charge in [0.25, 0.3) is 0 Å². The Morgan fingerprint density at radius 3 is 2.89 bits per heavy atom. The predicted octanol–water partition coefficient (Wildman–Crippen LogP) is 2.70. The molecule has 0 bridgehead atoms. The number of halogens is 1. The van der Waals surface area contributed by atoms with E-state index in [4.69, 9.17) is 16.3 Å². The molecule has 0 atom stereocenters. The average Bonchev–Trinajstić information content (AvgIpc) is 2.30. The van der Waals surface area contributed by atoms with Crippen LogP contribution in [0.2, 0.25) is 5.15 Å². The van der Waals surface area contributed by atoms with Crippen LogP contribution in [0, 0.1) is 0 Å². The molecule has 18 heavy (non-hydrogen) atoms. The number of hydrogen-bond donors (Lipinski definition) is 0. The van der Waals surface area contributed by atoms with Crippen LogP contribution in [0.25, 0.3) is 0 Å². The van der Waals surface area contributed by atoms with Crippen molar-refractivity contribution in [3.05, 3.63) is 17.0 Å². The van der Waals surface area contributed by atoms with Gasteiger partial charge in [0.05, 0.1) is 12.2 Å². The maximum Gasteiger partial charge on any atom is 0.137 e. The quantitative estimate of drug-likeness (QED) is 0.791. The van der Waals surface area contributed by atoms with Gasteiger partial charge in [-0.1, -0.05) is 24.9 Å². The van der Waals surface area contributed by atoms with Gasteiger partial charge in [-0.3, -0.25) is 0 Å². The second kappa shape index (κ2) is 5.41. The van der Waals surface area contributed by atoms with Gasteiger partial charge in [-0.2, -0.15) is 0 Å². The first-order valence-corrected chi connectivity index (χ1v) is 6.79. The van der Waals surface area contributed by atoms with Crippen molar-refractivity contribution in [2.75, 3.05) is 24.6 Å². The van der Waals surface area contributed by atoms with Gasteiger partial charge in [-0.05, 0) is 20.3 Å². The SMILES string of the molecule is CCCc1c(Cl)ncnc1N1CCOC(C)(C)C1. The van der Waals surface area contributed by atoms with Crippen LogP contribution in [-0.4, -0.2) is 35.3 Å². The minimum absolute atomic E-state index is 0.140. The summed E-state index contributed by atoms with van der Waals surface area (Å²) in [5.41, 5.74) is 0.915. The van der Waals surface area contributed by atoms with Gasteiger partial charge in [-0.25, -0.2) is 9.97 Å². The Balaban J connectivity index is 2.29. The third-order valence-electron chi connectivity index (χ3n) is 3.10. The molecule has 0 N–H and O–H groups in total. The highest BCUT2D eigenvalue weighted by Crippen LogP contribution is 2.28. The molecule has 100 valence electrons. The Bertz CT molecular complexity index is 423. The average molecular weight is 270 g/mol. The molecule has 1 fully saturated rings. The molecule has 1 aromatic rings. The molecule has 0 radical (unpaired) electrons. The van der Waals surface area contributed by atoms with Gasteiger partial charge in [0, 0.05) is 18.7 Å². The fourth-order valence-electron chi connectivity index (χ4n) is 2.32. The van der Waals surface area contributed by atoms with Crippen molar-refractivity contribution in [1.29, 1.82) is 0 Å². The minimum atomic E-state index is -0.140. The van der Waals surface area contributed by atoms with E-state index < -0.39 is 0 Å². The molecule has 0 aromatic carbocycles. The van der Waals surface area contributed by atoms with E-state index >= 15 is 0 Å². The van der Waals surface area contributed by atoms with Crippen molar-refractivity contribution in [1.82, 2.24) is 9.97 Å². The molecule has 0 amide bonds. The summed E-state index contributed by atoms with van der Waals surface area (Å²) in [6, 6.07) is 0. The molecule has 0 saturated carbocycles. The van der Waals surface area contributed by atoms with E-state index in [1.165, 1.54) is 0 Å². The molecule has 1 saturated heterocycles. The minimum Gasteiger partial charge on any atom is -0.372 e. The molecule has 0 aliphatic carbocycles. The highest BCUT2D eigenvalue weighted by Gasteiger charge is 2.29. The predicted molar refractivity (Wildman–Crippen MR) is 73.3 cm³/mol. The molecule has 1 aliphatic heterocycles. The smallest absolute Gasteiger partial charge is 0.137 e. The van der Waals surface area contributed by atoms with E-state index in [1.54, 1.807) is 6.33 Å². The van der Waals surface area contributed by atoms with Crippen molar-refractivity contribution < 1.29 is 4.74 Å². The zero-order chi connectivity index (χ0) is 13.2. The lowest BCUT2D eigenvalue weighted by molar-refractivity contribution is -0.0279. The van der Waals surface area contributed by atoms with Crippen LogP contribution in [0.1, 0.15) is 32.8 Å². The molecule has 1 aliphatic rings. The number of rotatable bonds is 3. The lowest BCUT2D eigenvalue weighted by Crippen LogP contribution is -2.49. The summed E-state index contributed by atoms with van der Waals surface area (Å²) in [6.45, 7) is 8.74. The zero-order valence-corrected chi connectivity index (χ0v) is 12.0. The summed E-state index contributed by atoms with van der Waals surface area (Å²) in [5, 5.41) is 0.575. The van der Waals surface area contributed by atoms with E-state index in [0.717, 1.165) is 43.9 Å². The molecule has 0 spiro atoms. The van der Waals surface area contributed by atoms with Gasteiger partial charge in [0.15, 0.2) is 0 Å². The number of anilines is 1. The van der Waals surface area contributed by atoms with E-state index in [9.17, 15) is 0 Å². The zero-order valence-electron chi connectivity index (χ0n) is 11.2. The fraction of sp³-hybridized carbons (Fsp3) is 0.692. The van der Waals surface area contributed by atoms with Crippen LogP contribution in [0.5, 0.6) is 0 Å².